The van der Waals surface area contributed by atoms with Crippen LogP contribution in [0.25, 0.3) is 16.5 Å². The Morgan fingerprint density at radius 1 is 1.28 bits per heavy atom. The monoisotopic (exact) mass is 397 g/mol. The smallest absolute Gasteiger partial charge is 0.410 e. The third-order valence-corrected chi connectivity index (χ3v) is 5.58. The molecule has 1 saturated heterocycles. The van der Waals surface area contributed by atoms with Crippen molar-refractivity contribution in [2.45, 2.75) is 65.2 Å². The number of hydrogen-bond donors (Lipinski definition) is 0. The average molecular weight is 398 g/mol. The molecule has 0 N–H and O–H groups in total. The fourth-order valence-electron chi connectivity index (χ4n) is 4.11. The highest BCUT2D eigenvalue weighted by molar-refractivity contribution is 5.85. The molecule has 0 bridgehead atoms. The molecule has 156 valence electrons. The number of carbonyl (C=O) groups is 1. The predicted molar refractivity (Wildman–Crippen MR) is 114 cm³/mol. The lowest BCUT2D eigenvalue weighted by molar-refractivity contribution is -0.0366. The molecule has 1 aromatic heterocycles. The molecule has 1 unspecified atom stereocenters. The van der Waals surface area contributed by atoms with E-state index in [2.05, 4.69) is 30.2 Å². The second-order valence-corrected chi connectivity index (χ2v) is 9.04. The molecular weight excluding hydrogens is 366 g/mol. The van der Waals surface area contributed by atoms with Gasteiger partial charge in [0, 0.05) is 25.1 Å². The summed E-state index contributed by atoms with van der Waals surface area (Å²) in [5.41, 5.74) is 4.40. The summed E-state index contributed by atoms with van der Waals surface area (Å²) in [6.07, 6.45) is 8.00. The van der Waals surface area contributed by atoms with Gasteiger partial charge in [-0.25, -0.2) is 9.48 Å². The Morgan fingerprint density at radius 2 is 2.10 bits per heavy atom. The molecule has 29 heavy (non-hydrogen) atoms. The Bertz CT molecular complexity index is 933. The van der Waals surface area contributed by atoms with Crippen molar-refractivity contribution >= 4 is 22.6 Å². The first-order chi connectivity index (χ1) is 13.8. The van der Waals surface area contributed by atoms with Crippen molar-refractivity contribution in [1.29, 1.82) is 0 Å². The van der Waals surface area contributed by atoms with Crippen molar-refractivity contribution in [2.24, 2.45) is 0 Å². The maximum atomic E-state index is 12.3. The van der Waals surface area contributed by atoms with Gasteiger partial charge in [0.15, 0.2) is 6.23 Å². The number of hydrogen-bond acceptors (Lipinski definition) is 4. The van der Waals surface area contributed by atoms with Crippen molar-refractivity contribution in [3.63, 3.8) is 0 Å². The Hall–Kier alpha value is -2.34. The van der Waals surface area contributed by atoms with Crippen LogP contribution in [0, 0.1) is 6.92 Å². The molecule has 0 saturated carbocycles. The lowest BCUT2D eigenvalue weighted by atomic mass is 9.94. The summed E-state index contributed by atoms with van der Waals surface area (Å²) < 4.78 is 13.5. The number of nitrogens with zero attached hydrogens (tertiary/aromatic N) is 3. The first kappa shape index (κ1) is 20.0. The summed E-state index contributed by atoms with van der Waals surface area (Å²) in [6.45, 7) is 9.88. The quantitative estimate of drug-likeness (QED) is 0.710. The molecule has 2 aliphatic rings. The van der Waals surface area contributed by atoms with Crippen LogP contribution >= 0.6 is 0 Å². The van der Waals surface area contributed by atoms with E-state index in [4.69, 9.17) is 9.47 Å². The molecule has 1 amide bonds. The molecule has 0 spiro atoms. The molecule has 6 heteroatoms. The van der Waals surface area contributed by atoms with E-state index in [-0.39, 0.29) is 12.3 Å². The van der Waals surface area contributed by atoms with Crippen molar-refractivity contribution in [3.05, 3.63) is 35.5 Å². The minimum Gasteiger partial charge on any atom is -0.444 e. The van der Waals surface area contributed by atoms with E-state index in [0.717, 1.165) is 36.8 Å². The fraction of sp³-hybridized carbons (Fsp3) is 0.565. The van der Waals surface area contributed by atoms with E-state index in [9.17, 15) is 4.79 Å². The van der Waals surface area contributed by atoms with Gasteiger partial charge in [-0.3, -0.25) is 0 Å². The Morgan fingerprint density at radius 3 is 2.76 bits per heavy atom. The van der Waals surface area contributed by atoms with Gasteiger partial charge in [-0.1, -0.05) is 6.08 Å². The first-order valence-electron chi connectivity index (χ1n) is 10.6. The van der Waals surface area contributed by atoms with E-state index in [1.165, 1.54) is 23.1 Å². The molecule has 1 fully saturated rings. The summed E-state index contributed by atoms with van der Waals surface area (Å²) in [5.74, 6) is 0. The molecule has 0 aliphatic carbocycles. The number of aryl methyl sites for hydroxylation is 1. The van der Waals surface area contributed by atoms with Gasteiger partial charge in [-0.2, -0.15) is 5.10 Å². The number of carbonyl (C=O) groups excluding carboxylic acids is 1. The zero-order valence-corrected chi connectivity index (χ0v) is 17.9. The van der Waals surface area contributed by atoms with E-state index < -0.39 is 5.60 Å². The molecule has 0 radical (unpaired) electrons. The largest absolute Gasteiger partial charge is 0.444 e. The second kappa shape index (κ2) is 7.82. The van der Waals surface area contributed by atoms with Gasteiger partial charge in [0.2, 0.25) is 0 Å². The van der Waals surface area contributed by atoms with Crippen LogP contribution in [0.2, 0.25) is 0 Å². The van der Waals surface area contributed by atoms with Gasteiger partial charge >= 0.3 is 6.09 Å². The normalized spacial score (nSPS) is 20.6. The van der Waals surface area contributed by atoms with Gasteiger partial charge in [0.1, 0.15) is 5.60 Å². The number of ether oxygens (including phenoxy) is 2. The van der Waals surface area contributed by atoms with Crippen LogP contribution < -0.4 is 0 Å². The SMILES string of the molecule is Cc1cc2cnn(C3CCCCO3)c2cc1C1=CCN(C(=O)OC(C)(C)C)CC1. The van der Waals surface area contributed by atoms with E-state index in [1.54, 1.807) is 4.90 Å². The zero-order chi connectivity index (χ0) is 20.6. The van der Waals surface area contributed by atoms with Gasteiger partial charge in [-0.15, -0.1) is 0 Å². The topological polar surface area (TPSA) is 56.6 Å². The summed E-state index contributed by atoms with van der Waals surface area (Å²) in [7, 11) is 0. The minimum absolute atomic E-state index is 0.0276. The van der Waals surface area contributed by atoms with Crippen LogP contribution in [0.15, 0.2) is 24.4 Å². The molecule has 2 aliphatic heterocycles. The molecule has 2 aromatic rings. The highest BCUT2D eigenvalue weighted by atomic mass is 16.6. The number of amides is 1. The number of benzene rings is 1. The van der Waals surface area contributed by atoms with Crippen LogP contribution in [0.3, 0.4) is 0 Å². The van der Waals surface area contributed by atoms with Crippen LogP contribution in [0.1, 0.15) is 63.8 Å². The van der Waals surface area contributed by atoms with Crippen LogP contribution in [-0.4, -0.2) is 46.1 Å². The van der Waals surface area contributed by atoms with Crippen molar-refractivity contribution in [2.75, 3.05) is 19.7 Å². The van der Waals surface area contributed by atoms with Crippen molar-refractivity contribution in [3.8, 4) is 0 Å². The maximum absolute atomic E-state index is 12.3. The van der Waals surface area contributed by atoms with Gasteiger partial charge in [0.25, 0.3) is 0 Å². The molecular formula is C23H31N3O3. The van der Waals surface area contributed by atoms with E-state index in [0.29, 0.717) is 13.1 Å². The van der Waals surface area contributed by atoms with Crippen molar-refractivity contribution in [1.82, 2.24) is 14.7 Å². The lowest BCUT2D eigenvalue weighted by Gasteiger charge is -2.30. The Balaban J connectivity index is 1.57. The minimum atomic E-state index is -0.470. The number of fused-ring (bicyclic) bond motifs is 1. The van der Waals surface area contributed by atoms with Crippen molar-refractivity contribution < 1.29 is 14.3 Å². The third kappa shape index (κ3) is 4.32. The van der Waals surface area contributed by atoms with Gasteiger partial charge < -0.3 is 14.4 Å². The Labute approximate surface area is 172 Å². The van der Waals surface area contributed by atoms with Crippen LogP contribution in [0.4, 0.5) is 4.79 Å². The number of rotatable bonds is 2. The molecule has 6 nitrogen and oxygen atoms in total. The summed E-state index contributed by atoms with van der Waals surface area (Å²) in [5, 5.41) is 5.76. The molecule has 4 rings (SSSR count). The molecule has 1 aromatic carbocycles. The predicted octanol–water partition coefficient (Wildman–Crippen LogP) is 5.07. The van der Waals surface area contributed by atoms with E-state index in [1.807, 2.05) is 31.6 Å². The van der Waals surface area contributed by atoms with Gasteiger partial charge in [0.05, 0.1) is 11.7 Å². The standard InChI is InChI=1S/C23H31N3O3/c1-16-13-18-15-24-26(21-7-5-6-12-28-21)20(18)14-19(16)17-8-10-25(11-9-17)22(27)29-23(2,3)4/h8,13-15,21H,5-7,9-12H2,1-4H3. The highest BCUT2D eigenvalue weighted by Crippen LogP contribution is 2.32. The average Bonchev–Trinajstić information content (AvgIpc) is 3.09. The molecule has 1 atom stereocenters. The van der Waals surface area contributed by atoms with Crippen LogP contribution in [-0.2, 0) is 9.47 Å². The fourth-order valence-corrected chi connectivity index (χ4v) is 4.11. The summed E-state index contributed by atoms with van der Waals surface area (Å²) in [6, 6.07) is 4.45. The van der Waals surface area contributed by atoms with Gasteiger partial charge in [-0.05, 0) is 82.2 Å². The highest BCUT2D eigenvalue weighted by Gasteiger charge is 2.25. The third-order valence-electron chi connectivity index (χ3n) is 5.58. The zero-order valence-electron chi connectivity index (χ0n) is 17.9. The number of aromatic nitrogens is 2. The van der Waals surface area contributed by atoms with E-state index >= 15 is 0 Å². The lowest BCUT2D eigenvalue weighted by Crippen LogP contribution is -2.39. The summed E-state index contributed by atoms with van der Waals surface area (Å²) >= 11 is 0. The maximum Gasteiger partial charge on any atom is 0.410 e. The second-order valence-electron chi connectivity index (χ2n) is 9.04. The van der Waals surface area contributed by atoms with Crippen LogP contribution in [0.5, 0.6) is 0 Å². The summed E-state index contributed by atoms with van der Waals surface area (Å²) in [4.78, 5) is 14.1. The Kier molecular flexibility index (Phi) is 5.38. The first-order valence-corrected chi connectivity index (χ1v) is 10.6. The molecule has 3 heterocycles.